The van der Waals surface area contributed by atoms with Crippen LogP contribution in [0.25, 0.3) is 0 Å². The molecule has 0 heterocycles. The van der Waals surface area contributed by atoms with Crippen LogP contribution in [0, 0.1) is 23.2 Å². The van der Waals surface area contributed by atoms with Crippen molar-refractivity contribution in [3.8, 4) is 0 Å². The maximum absolute atomic E-state index is 6.28. The topological polar surface area (TPSA) is 0 Å². The van der Waals surface area contributed by atoms with Gasteiger partial charge in [0, 0.05) is 5.38 Å². The van der Waals surface area contributed by atoms with Gasteiger partial charge in [-0.15, -0.1) is 11.6 Å². The Bertz CT molecular complexity index is 237. The standard InChI is InChI=1S/C13H21Cl/c1-13(5-4-11(14)8-13)12-7-9-2-3-10(12)6-9/h9-12H,2-8H2,1H3. The quantitative estimate of drug-likeness (QED) is 0.571. The highest BCUT2D eigenvalue weighted by molar-refractivity contribution is 6.20. The molecule has 0 amide bonds. The minimum absolute atomic E-state index is 0.485. The lowest BCUT2D eigenvalue weighted by Crippen LogP contribution is -2.29. The van der Waals surface area contributed by atoms with E-state index in [0.717, 1.165) is 17.8 Å². The molecule has 5 atom stereocenters. The van der Waals surface area contributed by atoms with Crippen molar-refractivity contribution in [2.24, 2.45) is 23.2 Å². The van der Waals surface area contributed by atoms with Crippen LogP contribution in [-0.4, -0.2) is 5.38 Å². The first-order valence-corrected chi connectivity index (χ1v) is 6.75. The number of alkyl halides is 1. The van der Waals surface area contributed by atoms with Crippen molar-refractivity contribution in [2.75, 3.05) is 0 Å². The Hall–Kier alpha value is 0.290. The predicted molar refractivity (Wildman–Crippen MR) is 60.5 cm³/mol. The van der Waals surface area contributed by atoms with E-state index in [-0.39, 0.29) is 0 Å². The van der Waals surface area contributed by atoms with E-state index in [0.29, 0.717) is 10.8 Å². The molecule has 0 aromatic rings. The van der Waals surface area contributed by atoms with Crippen LogP contribution in [0.15, 0.2) is 0 Å². The van der Waals surface area contributed by atoms with Crippen LogP contribution in [0.5, 0.6) is 0 Å². The van der Waals surface area contributed by atoms with Gasteiger partial charge in [0.05, 0.1) is 0 Å². The van der Waals surface area contributed by atoms with Crippen molar-refractivity contribution in [2.45, 2.75) is 57.2 Å². The predicted octanol–water partition coefficient (Wildman–Crippen LogP) is 4.22. The molecular formula is C13H21Cl. The Balaban J connectivity index is 1.76. The molecule has 14 heavy (non-hydrogen) atoms. The zero-order valence-electron chi connectivity index (χ0n) is 9.14. The minimum Gasteiger partial charge on any atom is -0.123 e. The molecule has 0 aromatic carbocycles. The summed E-state index contributed by atoms with van der Waals surface area (Å²) in [6.45, 7) is 2.51. The van der Waals surface area contributed by atoms with Crippen molar-refractivity contribution in [1.29, 1.82) is 0 Å². The van der Waals surface area contributed by atoms with Gasteiger partial charge >= 0.3 is 0 Å². The van der Waals surface area contributed by atoms with Gasteiger partial charge in [-0.1, -0.05) is 13.3 Å². The van der Waals surface area contributed by atoms with E-state index < -0.39 is 0 Å². The number of halogens is 1. The number of fused-ring (bicyclic) bond motifs is 2. The van der Waals surface area contributed by atoms with Crippen molar-refractivity contribution in [1.82, 2.24) is 0 Å². The smallest absolute Gasteiger partial charge is 0.0341 e. The summed E-state index contributed by atoms with van der Waals surface area (Å²) >= 11 is 6.28. The average Bonchev–Trinajstić information content (AvgIpc) is 2.80. The number of hydrogen-bond donors (Lipinski definition) is 0. The molecule has 3 saturated carbocycles. The van der Waals surface area contributed by atoms with E-state index >= 15 is 0 Å². The van der Waals surface area contributed by atoms with E-state index in [2.05, 4.69) is 6.92 Å². The molecule has 0 aliphatic heterocycles. The SMILES string of the molecule is CC1(C2CC3CCC2C3)CCC(Cl)C1. The highest BCUT2D eigenvalue weighted by atomic mass is 35.5. The zero-order chi connectivity index (χ0) is 9.76. The monoisotopic (exact) mass is 212 g/mol. The van der Waals surface area contributed by atoms with Crippen LogP contribution in [0.3, 0.4) is 0 Å². The van der Waals surface area contributed by atoms with Crippen molar-refractivity contribution >= 4 is 11.6 Å². The van der Waals surface area contributed by atoms with Gasteiger partial charge in [0.25, 0.3) is 0 Å². The van der Waals surface area contributed by atoms with E-state index in [1.807, 2.05) is 0 Å². The van der Waals surface area contributed by atoms with Crippen molar-refractivity contribution in [3.63, 3.8) is 0 Å². The maximum Gasteiger partial charge on any atom is 0.0341 e. The lowest BCUT2D eigenvalue weighted by molar-refractivity contribution is 0.127. The zero-order valence-corrected chi connectivity index (χ0v) is 9.89. The summed E-state index contributed by atoms with van der Waals surface area (Å²) in [5.74, 6) is 3.20. The molecule has 0 radical (unpaired) electrons. The lowest BCUT2D eigenvalue weighted by atomic mass is 9.68. The van der Waals surface area contributed by atoms with Gasteiger partial charge in [-0.25, -0.2) is 0 Å². The second kappa shape index (κ2) is 3.14. The van der Waals surface area contributed by atoms with Gasteiger partial charge in [0.2, 0.25) is 0 Å². The first kappa shape index (κ1) is 9.51. The fraction of sp³-hybridized carbons (Fsp3) is 1.00. The van der Waals surface area contributed by atoms with Gasteiger partial charge in [-0.3, -0.25) is 0 Å². The second-order valence-electron chi connectivity index (χ2n) is 6.28. The first-order chi connectivity index (χ1) is 6.67. The molecule has 0 aromatic heterocycles. The normalized spacial score (nSPS) is 57.0. The summed E-state index contributed by atoms with van der Waals surface area (Å²) in [5, 5.41) is 0.485. The third-order valence-electron chi connectivity index (χ3n) is 5.35. The summed E-state index contributed by atoms with van der Waals surface area (Å²) in [7, 11) is 0. The van der Waals surface area contributed by atoms with Gasteiger partial charge in [-0.05, 0) is 61.7 Å². The summed E-state index contributed by atoms with van der Waals surface area (Å²) in [6, 6.07) is 0. The molecule has 80 valence electrons. The molecule has 1 heteroatoms. The second-order valence-corrected chi connectivity index (χ2v) is 6.89. The summed E-state index contributed by atoms with van der Waals surface area (Å²) < 4.78 is 0. The van der Waals surface area contributed by atoms with E-state index in [4.69, 9.17) is 11.6 Å². The lowest BCUT2D eigenvalue weighted by Gasteiger charge is -2.37. The van der Waals surface area contributed by atoms with E-state index in [1.54, 1.807) is 6.42 Å². The van der Waals surface area contributed by atoms with Gasteiger partial charge in [0.15, 0.2) is 0 Å². The Labute approximate surface area is 92.4 Å². The molecule has 3 rings (SSSR count). The Morgan fingerprint density at radius 1 is 1.14 bits per heavy atom. The molecule has 0 nitrogen and oxygen atoms in total. The van der Waals surface area contributed by atoms with Crippen LogP contribution in [0.2, 0.25) is 0 Å². The van der Waals surface area contributed by atoms with Crippen LogP contribution in [0.1, 0.15) is 51.9 Å². The Morgan fingerprint density at radius 2 is 2.00 bits per heavy atom. The molecule has 3 aliphatic rings. The third kappa shape index (κ3) is 1.33. The number of rotatable bonds is 1. The first-order valence-electron chi connectivity index (χ1n) is 6.31. The van der Waals surface area contributed by atoms with Crippen LogP contribution in [0.4, 0.5) is 0 Å². The fourth-order valence-electron chi connectivity index (χ4n) is 4.63. The molecule has 0 N–H and O–H groups in total. The number of hydrogen-bond acceptors (Lipinski definition) is 0. The maximum atomic E-state index is 6.28. The van der Waals surface area contributed by atoms with Crippen LogP contribution >= 0.6 is 11.6 Å². The third-order valence-corrected chi connectivity index (χ3v) is 5.72. The molecule has 3 fully saturated rings. The molecule has 2 bridgehead atoms. The average molecular weight is 213 g/mol. The van der Waals surface area contributed by atoms with E-state index in [1.165, 1.54) is 38.5 Å². The summed E-state index contributed by atoms with van der Waals surface area (Å²) in [5.41, 5.74) is 0.617. The van der Waals surface area contributed by atoms with Crippen LogP contribution in [-0.2, 0) is 0 Å². The molecule has 3 aliphatic carbocycles. The van der Waals surface area contributed by atoms with Gasteiger partial charge in [-0.2, -0.15) is 0 Å². The highest BCUT2D eigenvalue weighted by Gasteiger charge is 2.50. The fourth-order valence-corrected chi connectivity index (χ4v) is 5.09. The molecule has 5 unspecified atom stereocenters. The Kier molecular flexibility index (Phi) is 2.13. The Morgan fingerprint density at radius 3 is 2.50 bits per heavy atom. The summed E-state index contributed by atoms with van der Waals surface area (Å²) in [6.07, 6.45) is 10.1. The van der Waals surface area contributed by atoms with Crippen LogP contribution < -0.4 is 0 Å². The van der Waals surface area contributed by atoms with Crippen molar-refractivity contribution < 1.29 is 0 Å². The summed E-state index contributed by atoms with van der Waals surface area (Å²) in [4.78, 5) is 0. The van der Waals surface area contributed by atoms with Gasteiger partial charge in [0.1, 0.15) is 0 Å². The van der Waals surface area contributed by atoms with Crippen molar-refractivity contribution in [3.05, 3.63) is 0 Å². The molecule has 0 spiro atoms. The van der Waals surface area contributed by atoms with Gasteiger partial charge < -0.3 is 0 Å². The van der Waals surface area contributed by atoms with E-state index in [9.17, 15) is 0 Å². The highest BCUT2D eigenvalue weighted by Crippen LogP contribution is 2.59. The molecule has 0 saturated heterocycles. The minimum atomic E-state index is 0.485. The molecular weight excluding hydrogens is 192 g/mol. The largest absolute Gasteiger partial charge is 0.123 e.